The van der Waals surface area contributed by atoms with Gasteiger partial charge in [-0.2, -0.15) is 10.1 Å². The number of halogens is 2. The quantitative estimate of drug-likeness (QED) is 0.461. The van der Waals surface area contributed by atoms with Gasteiger partial charge < -0.3 is 5.11 Å². The Morgan fingerprint density at radius 3 is 2.37 bits per heavy atom. The Labute approximate surface area is 173 Å². The van der Waals surface area contributed by atoms with Crippen molar-refractivity contribution in [2.75, 3.05) is 5.01 Å². The van der Waals surface area contributed by atoms with Gasteiger partial charge in [0.05, 0.1) is 25.9 Å². The second-order valence-electron chi connectivity index (χ2n) is 6.22. The number of carbonyl (C=O) groups is 1. The van der Waals surface area contributed by atoms with Crippen molar-refractivity contribution in [3.05, 3.63) is 74.7 Å². The summed E-state index contributed by atoms with van der Waals surface area (Å²) in [7, 11) is 0. The molecule has 0 aliphatic carbocycles. The third-order valence-electron chi connectivity index (χ3n) is 4.39. The second kappa shape index (κ2) is 6.94. The molecule has 0 saturated carbocycles. The van der Waals surface area contributed by atoms with E-state index in [1.54, 1.807) is 18.2 Å². The van der Waals surface area contributed by atoms with E-state index in [2.05, 4.69) is 37.0 Å². The van der Waals surface area contributed by atoms with Gasteiger partial charge in [0.1, 0.15) is 5.75 Å². The van der Waals surface area contributed by atoms with Crippen molar-refractivity contribution in [2.24, 2.45) is 5.10 Å². The van der Waals surface area contributed by atoms with Crippen LogP contribution < -0.4 is 5.01 Å². The number of phenolic OH excluding ortho intramolecular Hbond substituents is 1. The summed E-state index contributed by atoms with van der Waals surface area (Å²) >= 11 is 6.63. The first-order valence-electron chi connectivity index (χ1n) is 8.22. The molecule has 1 N–H and O–H groups in total. The Bertz CT molecular complexity index is 1130. The van der Waals surface area contributed by atoms with Crippen LogP contribution in [0.5, 0.6) is 5.75 Å². The van der Waals surface area contributed by atoms with Gasteiger partial charge in [-0.1, -0.05) is 30.3 Å². The summed E-state index contributed by atoms with van der Waals surface area (Å²) in [5.74, 6) is -0.0545. The van der Waals surface area contributed by atoms with Gasteiger partial charge in [0.2, 0.25) is 0 Å². The molecule has 4 nitrogen and oxygen atoms in total. The lowest BCUT2D eigenvalue weighted by atomic mass is 10.1. The number of amides is 1. The first kappa shape index (κ1) is 17.9. The average Bonchev–Trinajstić information content (AvgIpc) is 2.94. The number of hydrazone groups is 1. The fraction of sp³-hybridized carbons (Fsp3) is 0.0476. The molecular weight excluding hydrogens is 472 g/mol. The second-order valence-corrected chi connectivity index (χ2v) is 7.93. The third-order valence-corrected chi connectivity index (χ3v) is 5.60. The summed E-state index contributed by atoms with van der Waals surface area (Å²) in [5.41, 5.74) is 2.68. The first-order valence-corrected chi connectivity index (χ1v) is 9.81. The highest BCUT2D eigenvalue weighted by Crippen LogP contribution is 2.35. The number of hydrogen-bond donors (Lipinski definition) is 1. The first-order chi connectivity index (χ1) is 12.9. The molecule has 3 aromatic carbocycles. The third kappa shape index (κ3) is 3.31. The molecule has 0 spiro atoms. The summed E-state index contributed by atoms with van der Waals surface area (Å²) in [6.07, 6.45) is 1.77. The normalized spacial score (nSPS) is 15.7. The molecule has 27 heavy (non-hydrogen) atoms. The fourth-order valence-corrected chi connectivity index (χ4v) is 4.22. The molecule has 0 fully saturated rings. The summed E-state index contributed by atoms with van der Waals surface area (Å²) in [5, 5.41) is 17.9. The van der Waals surface area contributed by atoms with Crippen molar-refractivity contribution in [3.8, 4) is 5.75 Å². The van der Waals surface area contributed by atoms with Gasteiger partial charge in [-0.05, 0) is 85.5 Å². The van der Waals surface area contributed by atoms with Crippen LogP contribution >= 0.6 is 31.9 Å². The van der Waals surface area contributed by atoms with Crippen molar-refractivity contribution in [1.82, 2.24) is 0 Å². The van der Waals surface area contributed by atoms with Crippen molar-refractivity contribution < 1.29 is 9.90 Å². The van der Waals surface area contributed by atoms with Crippen LogP contribution in [-0.4, -0.2) is 16.7 Å². The summed E-state index contributed by atoms with van der Waals surface area (Å²) in [4.78, 5) is 13.0. The highest BCUT2D eigenvalue weighted by atomic mass is 79.9. The molecule has 1 amide bonds. The van der Waals surface area contributed by atoms with Crippen LogP contribution in [0.4, 0.5) is 5.69 Å². The Hall–Kier alpha value is -2.44. The summed E-state index contributed by atoms with van der Waals surface area (Å²) in [6, 6.07) is 17.4. The fourth-order valence-electron chi connectivity index (χ4n) is 3.00. The van der Waals surface area contributed by atoms with E-state index in [9.17, 15) is 9.90 Å². The van der Waals surface area contributed by atoms with E-state index in [0.717, 1.165) is 22.0 Å². The zero-order chi connectivity index (χ0) is 19.1. The number of nitrogens with zero attached hydrogens (tertiary/aromatic N) is 2. The van der Waals surface area contributed by atoms with E-state index in [4.69, 9.17) is 0 Å². The summed E-state index contributed by atoms with van der Waals surface area (Å²) < 4.78 is 1.10. The lowest BCUT2D eigenvalue weighted by molar-refractivity contribution is -0.114. The Kier molecular flexibility index (Phi) is 4.61. The molecule has 6 heteroatoms. The highest BCUT2D eigenvalue weighted by Gasteiger charge is 2.28. The smallest absolute Gasteiger partial charge is 0.280 e. The highest BCUT2D eigenvalue weighted by molar-refractivity contribution is 9.11. The van der Waals surface area contributed by atoms with Crippen molar-refractivity contribution in [1.29, 1.82) is 0 Å². The topological polar surface area (TPSA) is 52.9 Å². The SMILES string of the molecule is CC1=NN(c2ccc3ccccc3c2)C(=O)/C1=C/c1cc(Br)c(O)c(Br)c1. The molecule has 1 aliphatic heterocycles. The minimum atomic E-state index is -0.178. The van der Waals surface area contributed by atoms with E-state index in [1.807, 2.05) is 49.4 Å². The molecule has 134 valence electrons. The predicted molar refractivity (Wildman–Crippen MR) is 116 cm³/mol. The molecule has 1 heterocycles. The Morgan fingerprint density at radius 1 is 1.00 bits per heavy atom. The van der Waals surface area contributed by atoms with Gasteiger partial charge in [-0.15, -0.1) is 0 Å². The maximum atomic E-state index is 13.0. The van der Waals surface area contributed by atoms with Crippen molar-refractivity contribution >= 4 is 66.0 Å². The van der Waals surface area contributed by atoms with Gasteiger partial charge >= 0.3 is 0 Å². The van der Waals surface area contributed by atoms with Crippen LogP contribution in [0.25, 0.3) is 16.8 Å². The average molecular weight is 486 g/mol. The number of hydrogen-bond acceptors (Lipinski definition) is 3. The van der Waals surface area contributed by atoms with E-state index < -0.39 is 0 Å². The van der Waals surface area contributed by atoms with Crippen LogP contribution in [0.15, 0.2) is 74.2 Å². The van der Waals surface area contributed by atoms with Crippen LogP contribution in [0, 0.1) is 0 Å². The Balaban J connectivity index is 1.72. The van der Waals surface area contributed by atoms with E-state index in [1.165, 1.54) is 5.01 Å². The number of fused-ring (bicyclic) bond motifs is 1. The lowest BCUT2D eigenvalue weighted by Crippen LogP contribution is -2.21. The van der Waals surface area contributed by atoms with Crippen LogP contribution in [0.1, 0.15) is 12.5 Å². The van der Waals surface area contributed by atoms with Crippen LogP contribution in [0.3, 0.4) is 0 Å². The minimum Gasteiger partial charge on any atom is -0.506 e. The molecule has 0 saturated heterocycles. The van der Waals surface area contributed by atoms with Crippen molar-refractivity contribution in [2.45, 2.75) is 6.92 Å². The number of benzene rings is 3. The van der Waals surface area contributed by atoms with Gasteiger partial charge in [0, 0.05) is 0 Å². The molecule has 0 bridgehead atoms. The van der Waals surface area contributed by atoms with Crippen LogP contribution in [0.2, 0.25) is 0 Å². The van der Waals surface area contributed by atoms with Gasteiger partial charge in [-0.25, -0.2) is 0 Å². The monoisotopic (exact) mass is 484 g/mol. The molecule has 1 aliphatic rings. The number of anilines is 1. The van der Waals surface area contributed by atoms with E-state index >= 15 is 0 Å². The van der Waals surface area contributed by atoms with Gasteiger partial charge in [0.25, 0.3) is 5.91 Å². The number of rotatable bonds is 2. The zero-order valence-electron chi connectivity index (χ0n) is 14.3. The van der Waals surface area contributed by atoms with Gasteiger partial charge in [-0.3, -0.25) is 4.79 Å². The maximum Gasteiger partial charge on any atom is 0.280 e. The zero-order valence-corrected chi connectivity index (χ0v) is 17.5. The maximum absolute atomic E-state index is 13.0. The largest absolute Gasteiger partial charge is 0.506 e. The lowest BCUT2D eigenvalue weighted by Gasteiger charge is -2.12. The standard InChI is InChI=1S/C21H14Br2N2O2/c1-12-17(8-13-9-18(22)20(26)19(23)10-13)21(27)25(24-12)16-7-6-14-4-2-3-5-15(14)11-16/h2-11,26H,1H3/b17-8+. The molecule has 0 atom stereocenters. The molecule has 0 radical (unpaired) electrons. The molecule has 0 unspecified atom stereocenters. The predicted octanol–water partition coefficient (Wildman–Crippen LogP) is 5.88. The number of phenols is 1. The molecular formula is C21H14Br2N2O2. The Morgan fingerprint density at radius 2 is 1.67 bits per heavy atom. The van der Waals surface area contributed by atoms with E-state index in [-0.39, 0.29) is 11.7 Å². The number of carbonyl (C=O) groups excluding carboxylic acids is 1. The molecule has 4 rings (SSSR count). The number of aromatic hydroxyl groups is 1. The van der Waals surface area contributed by atoms with Crippen LogP contribution in [-0.2, 0) is 4.79 Å². The minimum absolute atomic E-state index is 0.123. The van der Waals surface area contributed by atoms with Gasteiger partial charge in [0.15, 0.2) is 0 Å². The van der Waals surface area contributed by atoms with Crippen molar-refractivity contribution in [3.63, 3.8) is 0 Å². The molecule has 3 aromatic rings. The molecule has 0 aromatic heterocycles. The van der Waals surface area contributed by atoms with E-state index in [0.29, 0.717) is 20.2 Å². The summed E-state index contributed by atoms with van der Waals surface area (Å²) in [6.45, 7) is 1.81.